The molecule has 1 amide bonds. The summed E-state index contributed by atoms with van der Waals surface area (Å²) in [6.45, 7) is 3.51. The molecule has 0 aliphatic carbocycles. The van der Waals surface area contributed by atoms with E-state index in [1.54, 1.807) is 30.0 Å². The first-order valence-electron chi connectivity index (χ1n) is 7.71. The number of ether oxygens (including phenoxy) is 1. The van der Waals surface area contributed by atoms with Gasteiger partial charge in [0.2, 0.25) is 0 Å². The predicted octanol–water partition coefficient (Wildman–Crippen LogP) is 2.29. The van der Waals surface area contributed by atoms with Crippen LogP contribution in [0.15, 0.2) is 18.2 Å². The Morgan fingerprint density at radius 3 is 2.88 bits per heavy atom. The monoisotopic (exact) mass is 350 g/mol. The molecule has 9 heteroatoms. The molecule has 2 N–H and O–H groups in total. The lowest BCUT2D eigenvalue weighted by atomic mass is 10.1. The molecule has 1 atom stereocenters. The molecule has 0 saturated carbocycles. The van der Waals surface area contributed by atoms with Crippen LogP contribution in [0.25, 0.3) is 0 Å². The number of phenols is 1. The number of carbonyl (C=O) groups is 1. The zero-order valence-corrected chi connectivity index (χ0v) is 14.0. The van der Waals surface area contributed by atoms with Crippen LogP contribution in [0.5, 0.6) is 11.6 Å². The minimum absolute atomic E-state index is 0.117. The molecular formula is C15H18N4O4S. The van der Waals surface area contributed by atoms with Gasteiger partial charge >= 0.3 is 5.88 Å². The van der Waals surface area contributed by atoms with Gasteiger partial charge in [-0.3, -0.25) is 4.79 Å². The minimum Gasteiger partial charge on any atom is -0.546 e. The van der Waals surface area contributed by atoms with Crippen molar-refractivity contribution in [1.82, 2.24) is 13.6 Å². The summed E-state index contributed by atoms with van der Waals surface area (Å²) in [5, 5.41) is 13.3. The fourth-order valence-electron chi connectivity index (χ4n) is 2.59. The van der Waals surface area contributed by atoms with E-state index in [0.29, 0.717) is 19.7 Å². The van der Waals surface area contributed by atoms with E-state index in [9.17, 15) is 14.5 Å². The molecule has 1 aliphatic heterocycles. The highest BCUT2D eigenvalue weighted by Crippen LogP contribution is 2.34. The van der Waals surface area contributed by atoms with Crippen LogP contribution in [0.3, 0.4) is 0 Å². The highest BCUT2D eigenvalue weighted by atomic mass is 32.2. The van der Waals surface area contributed by atoms with Crippen LogP contribution < -0.4 is 10.1 Å². The molecule has 1 aromatic heterocycles. The molecule has 1 saturated heterocycles. The zero-order chi connectivity index (χ0) is 17.1. The van der Waals surface area contributed by atoms with Crippen molar-refractivity contribution < 1.29 is 19.2 Å². The van der Waals surface area contributed by atoms with Crippen LogP contribution in [0.2, 0.25) is 0 Å². The highest BCUT2D eigenvalue weighted by molar-refractivity contribution is 7.14. The number of phenolic OH excluding ortho intramolecular Hbond substituents is 1. The SMILES string of the molecule is CCOc1n[s+]([O-])nc1Nc1cccc(C(=O)N2CCCC2)c1O. The van der Waals surface area contributed by atoms with Gasteiger partial charge in [0.1, 0.15) is 0 Å². The van der Waals surface area contributed by atoms with Crippen molar-refractivity contribution in [3.05, 3.63) is 23.8 Å². The number of benzene rings is 1. The predicted molar refractivity (Wildman–Crippen MR) is 88.4 cm³/mol. The van der Waals surface area contributed by atoms with E-state index < -0.39 is 11.1 Å². The van der Waals surface area contributed by atoms with Crippen LogP contribution >= 0.6 is 11.1 Å². The average Bonchev–Trinajstić information content (AvgIpc) is 3.20. The Labute approximate surface area is 142 Å². The standard InChI is InChI=1S/C15H18N4O4S/c1-2-23-14-13(17-24(22)18-14)16-11-7-5-6-10(12(11)20)15(21)19-8-3-4-9-19/h5-7,20H,2-4,8-9H2,1H3,(H,16,17). The molecule has 1 unspecified atom stereocenters. The summed E-state index contributed by atoms with van der Waals surface area (Å²) in [6, 6.07) is 4.84. The third kappa shape index (κ3) is 3.26. The molecule has 1 fully saturated rings. The molecule has 128 valence electrons. The van der Waals surface area contributed by atoms with E-state index in [0.717, 1.165) is 12.8 Å². The van der Waals surface area contributed by atoms with Gasteiger partial charge in [0, 0.05) is 21.8 Å². The second-order valence-corrected chi connectivity index (χ2v) is 6.15. The van der Waals surface area contributed by atoms with E-state index >= 15 is 0 Å². The van der Waals surface area contributed by atoms with E-state index in [2.05, 4.69) is 14.1 Å². The van der Waals surface area contributed by atoms with Crippen molar-refractivity contribution in [3.63, 3.8) is 0 Å². The lowest BCUT2D eigenvalue weighted by Crippen LogP contribution is -2.27. The third-order valence-electron chi connectivity index (χ3n) is 3.73. The number of aromatic nitrogens is 2. The van der Waals surface area contributed by atoms with Gasteiger partial charge in [0.15, 0.2) is 16.9 Å². The highest BCUT2D eigenvalue weighted by Gasteiger charge is 2.24. The van der Waals surface area contributed by atoms with E-state index in [-0.39, 0.29) is 34.6 Å². The van der Waals surface area contributed by atoms with Crippen LogP contribution in [-0.2, 0) is 0 Å². The van der Waals surface area contributed by atoms with Gasteiger partial charge in [-0.1, -0.05) is 6.07 Å². The van der Waals surface area contributed by atoms with Gasteiger partial charge in [0.05, 0.1) is 17.9 Å². The topological polar surface area (TPSA) is 111 Å². The summed E-state index contributed by atoms with van der Waals surface area (Å²) in [7, 11) is 0. The second-order valence-electron chi connectivity index (χ2n) is 5.33. The van der Waals surface area contributed by atoms with Gasteiger partial charge in [-0.2, -0.15) is 0 Å². The number of aromatic hydroxyl groups is 1. The number of para-hydroxylation sites is 1. The molecule has 8 nitrogen and oxygen atoms in total. The first kappa shape index (κ1) is 16.5. The maximum Gasteiger partial charge on any atom is 0.318 e. The first-order chi connectivity index (χ1) is 11.6. The molecule has 1 aromatic carbocycles. The van der Waals surface area contributed by atoms with Gasteiger partial charge in [0.25, 0.3) is 11.7 Å². The molecule has 24 heavy (non-hydrogen) atoms. The van der Waals surface area contributed by atoms with Crippen molar-refractivity contribution in [2.45, 2.75) is 19.8 Å². The summed E-state index contributed by atoms with van der Waals surface area (Å²) in [5.41, 5.74) is 0.501. The summed E-state index contributed by atoms with van der Waals surface area (Å²) in [5.74, 6) is -0.0994. The molecule has 1 aliphatic rings. The Bertz CT molecular complexity index is 743. The smallest absolute Gasteiger partial charge is 0.318 e. The lowest BCUT2D eigenvalue weighted by molar-refractivity contribution is 0.0790. The van der Waals surface area contributed by atoms with Gasteiger partial charge in [-0.05, 0) is 31.9 Å². The Balaban J connectivity index is 1.87. The Kier molecular flexibility index (Phi) is 4.81. The Hall–Kier alpha value is -2.39. The molecule has 2 aromatic rings. The maximum absolute atomic E-state index is 12.5. The third-order valence-corrected chi connectivity index (χ3v) is 4.39. The van der Waals surface area contributed by atoms with Gasteiger partial charge in [-0.15, -0.1) is 0 Å². The fraction of sp³-hybridized carbons (Fsp3) is 0.400. The lowest BCUT2D eigenvalue weighted by Gasteiger charge is -2.17. The van der Waals surface area contributed by atoms with Crippen molar-refractivity contribution in [3.8, 4) is 11.6 Å². The number of likely N-dealkylation sites (tertiary alicyclic amines) is 1. The molecule has 2 heterocycles. The average molecular weight is 350 g/mol. The number of hydrogen-bond donors (Lipinski definition) is 2. The first-order valence-corrected chi connectivity index (χ1v) is 8.77. The van der Waals surface area contributed by atoms with Crippen molar-refractivity contribution in [2.24, 2.45) is 0 Å². The summed E-state index contributed by atoms with van der Waals surface area (Å²) >= 11 is -1.75. The Morgan fingerprint density at radius 1 is 1.42 bits per heavy atom. The van der Waals surface area contributed by atoms with Crippen LogP contribution in [-0.4, -0.2) is 48.9 Å². The number of rotatable bonds is 5. The van der Waals surface area contributed by atoms with Crippen LogP contribution in [0, 0.1) is 0 Å². The van der Waals surface area contributed by atoms with E-state index in [1.807, 2.05) is 0 Å². The second kappa shape index (κ2) is 7.02. The fourth-order valence-corrected chi connectivity index (χ4v) is 3.20. The molecule has 0 bridgehead atoms. The molecule has 0 radical (unpaired) electrons. The molecule has 0 spiro atoms. The summed E-state index contributed by atoms with van der Waals surface area (Å²) in [4.78, 5) is 14.2. The number of nitrogens with zero attached hydrogens (tertiary/aromatic N) is 3. The van der Waals surface area contributed by atoms with E-state index in [4.69, 9.17) is 4.74 Å². The Morgan fingerprint density at radius 2 is 2.17 bits per heavy atom. The summed E-state index contributed by atoms with van der Waals surface area (Å²) < 4.78 is 24.3. The number of hydrogen-bond acceptors (Lipinski definition) is 7. The van der Waals surface area contributed by atoms with Gasteiger partial charge in [-0.25, -0.2) is 0 Å². The number of carbonyl (C=O) groups excluding carboxylic acids is 1. The van der Waals surface area contributed by atoms with Crippen molar-refractivity contribution in [1.29, 1.82) is 0 Å². The van der Waals surface area contributed by atoms with E-state index in [1.165, 1.54) is 0 Å². The van der Waals surface area contributed by atoms with Gasteiger partial charge < -0.3 is 24.6 Å². The number of amides is 1. The quantitative estimate of drug-likeness (QED) is 0.628. The number of nitrogens with one attached hydrogen (secondary N) is 1. The van der Waals surface area contributed by atoms with Crippen molar-refractivity contribution >= 4 is 28.6 Å². The van der Waals surface area contributed by atoms with Crippen LogP contribution in [0.1, 0.15) is 30.1 Å². The summed E-state index contributed by atoms with van der Waals surface area (Å²) in [6.07, 6.45) is 1.95. The molecule has 3 rings (SSSR count). The zero-order valence-electron chi connectivity index (χ0n) is 13.2. The molecular weight excluding hydrogens is 332 g/mol. The van der Waals surface area contributed by atoms with Crippen LogP contribution in [0.4, 0.5) is 11.5 Å². The number of anilines is 2. The normalized spacial score (nSPS) is 14.8. The van der Waals surface area contributed by atoms with Crippen molar-refractivity contribution in [2.75, 3.05) is 25.0 Å². The maximum atomic E-state index is 12.5. The largest absolute Gasteiger partial charge is 0.546 e. The minimum atomic E-state index is -1.75.